The molecule has 24 heavy (non-hydrogen) atoms. The Balaban J connectivity index is 2.19. The minimum absolute atomic E-state index is 0.0303. The molecule has 130 valence electrons. The van der Waals surface area contributed by atoms with Crippen molar-refractivity contribution >= 4 is 23.4 Å². The molecule has 0 fully saturated rings. The van der Waals surface area contributed by atoms with E-state index in [9.17, 15) is 9.90 Å². The van der Waals surface area contributed by atoms with Crippen molar-refractivity contribution in [3.8, 4) is 0 Å². The number of thioether (sulfide) groups is 1. The largest absolute Gasteiger partial charge is 0.390 e. The quantitative estimate of drug-likeness (QED) is 0.787. The van der Waals surface area contributed by atoms with Gasteiger partial charge in [-0.15, -0.1) is 0 Å². The van der Waals surface area contributed by atoms with Gasteiger partial charge in [0, 0.05) is 12.7 Å². The van der Waals surface area contributed by atoms with Gasteiger partial charge in [-0.3, -0.25) is 4.79 Å². The molecule has 1 amide bonds. The van der Waals surface area contributed by atoms with Crippen molar-refractivity contribution in [3.05, 3.63) is 41.2 Å². The molecule has 5 nitrogen and oxygen atoms in total. The van der Waals surface area contributed by atoms with E-state index in [-0.39, 0.29) is 23.7 Å². The molecular weight excluding hydrogens is 322 g/mol. The number of carbonyl (C=O) groups is 1. The monoisotopic (exact) mass is 347 g/mol. The molecule has 1 unspecified atom stereocenters. The highest BCUT2D eigenvalue weighted by molar-refractivity contribution is 8.00. The number of carbonyl (C=O) groups excluding carboxylic acids is 1. The molecule has 0 radical (unpaired) electrons. The maximum Gasteiger partial charge on any atom is 0.238 e. The zero-order valence-corrected chi connectivity index (χ0v) is 15.6. The fraction of sp³-hybridized carbons (Fsp3) is 0.444. The van der Waals surface area contributed by atoms with E-state index in [1.54, 1.807) is 6.20 Å². The summed E-state index contributed by atoms with van der Waals surface area (Å²) in [6.45, 7) is 8.02. The van der Waals surface area contributed by atoms with Crippen LogP contribution in [0.4, 0.5) is 5.69 Å². The molecule has 0 bridgehead atoms. The minimum atomic E-state index is -0.266. The van der Waals surface area contributed by atoms with Crippen LogP contribution in [0.3, 0.4) is 0 Å². The molecule has 0 aliphatic heterocycles. The first-order chi connectivity index (χ1) is 11.3. The van der Waals surface area contributed by atoms with Gasteiger partial charge in [0.25, 0.3) is 0 Å². The molecule has 2 N–H and O–H groups in total. The van der Waals surface area contributed by atoms with Crippen LogP contribution in [0.15, 0.2) is 29.6 Å². The molecule has 0 aliphatic carbocycles. The van der Waals surface area contributed by atoms with Gasteiger partial charge in [-0.1, -0.05) is 37.7 Å². The van der Waals surface area contributed by atoms with Gasteiger partial charge in [0.05, 0.1) is 23.7 Å². The van der Waals surface area contributed by atoms with Crippen LogP contribution in [0, 0.1) is 19.8 Å². The van der Waals surface area contributed by atoms with E-state index < -0.39 is 0 Å². The summed E-state index contributed by atoms with van der Waals surface area (Å²) in [6.07, 6.45) is 1.64. The summed E-state index contributed by atoms with van der Waals surface area (Å²) in [5, 5.41) is 12.8. The SMILES string of the molecule is Cc1cccc(NC(=O)C(Sc2ncc(CO)n2C)C(C)C)c1C. The summed E-state index contributed by atoms with van der Waals surface area (Å²) < 4.78 is 1.82. The maximum atomic E-state index is 12.8. The number of imidazole rings is 1. The fourth-order valence-electron chi connectivity index (χ4n) is 2.38. The highest BCUT2D eigenvalue weighted by Crippen LogP contribution is 2.29. The van der Waals surface area contributed by atoms with Gasteiger partial charge in [-0.2, -0.15) is 0 Å². The highest BCUT2D eigenvalue weighted by Gasteiger charge is 2.26. The lowest BCUT2D eigenvalue weighted by Crippen LogP contribution is -2.30. The number of nitrogens with zero attached hydrogens (tertiary/aromatic N) is 2. The Morgan fingerprint density at radius 1 is 1.38 bits per heavy atom. The second kappa shape index (κ2) is 7.85. The number of aryl methyl sites for hydroxylation is 1. The number of hydrogen-bond acceptors (Lipinski definition) is 4. The normalized spacial score (nSPS) is 12.5. The van der Waals surface area contributed by atoms with Crippen LogP contribution < -0.4 is 5.32 Å². The lowest BCUT2D eigenvalue weighted by atomic mass is 10.1. The zero-order chi connectivity index (χ0) is 17.9. The first-order valence-electron chi connectivity index (χ1n) is 8.00. The first-order valence-corrected chi connectivity index (χ1v) is 8.88. The molecule has 0 saturated heterocycles. The van der Waals surface area contributed by atoms with Crippen LogP contribution in [-0.2, 0) is 18.4 Å². The number of aliphatic hydroxyl groups excluding tert-OH is 1. The number of nitrogens with one attached hydrogen (secondary N) is 1. The molecule has 2 aromatic rings. The first kappa shape index (κ1) is 18.5. The molecule has 1 aromatic carbocycles. The number of benzene rings is 1. The predicted molar refractivity (Wildman–Crippen MR) is 98.2 cm³/mol. The molecular formula is C18H25N3O2S. The third-order valence-corrected chi connectivity index (χ3v) is 5.76. The number of anilines is 1. The second-order valence-electron chi connectivity index (χ2n) is 6.27. The smallest absolute Gasteiger partial charge is 0.238 e. The van der Waals surface area contributed by atoms with E-state index in [4.69, 9.17) is 0 Å². The van der Waals surface area contributed by atoms with Crippen molar-refractivity contribution < 1.29 is 9.90 Å². The van der Waals surface area contributed by atoms with Crippen LogP contribution in [-0.4, -0.2) is 25.8 Å². The van der Waals surface area contributed by atoms with Crippen molar-refractivity contribution in [1.82, 2.24) is 9.55 Å². The number of aliphatic hydroxyl groups is 1. The number of hydrogen-bond donors (Lipinski definition) is 2. The summed E-state index contributed by atoms with van der Waals surface area (Å²) in [6, 6.07) is 5.90. The Labute approximate surface area is 147 Å². The average Bonchev–Trinajstić information content (AvgIpc) is 2.89. The third kappa shape index (κ3) is 3.99. The minimum Gasteiger partial charge on any atom is -0.390 e. The highest BCUT2D eigenvalue weighted by atomic mass is 32.2. The Kier molecular flexibility index (Phi) is 6.07. The average molecular weight is 347 g/mol. The molecule has 0 saturated carbocycles. The van der Waals surface area contributed by atoms with Crippen molar-refractivity contribution in [3.63, 3.8) is 0 Å². The maximum absolute atomic E-state index is 12.8. The molecule has 0 spiro atoms. The van der Waals surface area contributed by atoms with Gasteiger partial charge in [-0.05, 0) is 37.0 Å². The van der Waals surface area contributed by atoms with E-state index in [0.29, 0.717) is 0 Å². The second-order valence-corrected chi connectivity index (χ2v) is 7.38. The van der Waals surface area contributed by atoms with E-state index >= 15 is 0 Å². The van der Waals surface area contributed by atoms with Crippen molar-refractivity contribution in [2.75, 3.05) is 5.32 Å². The number of aromatic nitrogens is 2. The molecule has 1 heterocycles. The summed E-state index contributed by atoms with van der Waals surface area (Å²) >= 11 is 1.43. The summed E-state index contributed by atoms with van der Waals surface area (Å²) in [7, 11) is 1.85. The standard InChI is InChI=1S/C18H25N3O2S/c1-11(2)16(24-18-19-9-14(10-22)21(18)5)17(23)20-15-8-6-7-12(3)13(15)4/h6-9,11,16,22H,10H2,1-5H3,(H,20,23). The van der Waals surface area contributed by atoms with Crippen molar-refractivity contribution in [1.29, 1.82) is 0 Å². The lowest BCUT2D eigenvalue weighted by Gasteiger charge is -2.20. The van der Waals surface area contributed by atoms with E-state index in [0.717, 1.165) is 27.7 Å². The molecule has 1 atom stereocenters. The molecule has 6 heteroatoms. The number of rotatable bonds is 6. The van der Waals surface area contributed by atoms with Gasteiger partial charge < -0.3 is 15.0 Å². The van der Waals surface area contributed by atoms with Crippen LogP contribution in [0.5, 0.6) is 0 Å². The summed E-state index contributed by atoms with van der Waals surface area (Å²) in [5.74, 6) is 0.117. The zero-order valence-electron chi connectivity index (χ0n) is 14.8. The van der Waals surface area contributed by atoms with Crippen LogP contribution in [0.2, 0.25) is 0 Å². The Morgan fingerprint density at radius 2 is 2.08 bits per heavy atom. The van der Waals surface area contributed by atoms with Crippen LogP contribution in [0.25, 0.3) is 0 Å². The molecule has 2 rings (SSSR count). The summed E-state index contributed by atoms with van der Waals surface area (Å²) in [4.78, 5) is 17.1. The fourth-order valence-corrected chi connectivity index (χ4v) is 3.43. The van der Waals surface area contributed by atoms with E-state index in [2.05, 4.69) is 10.3 Å². The third-order valence-electron chi connectivity index (χ3n) is 4.16. The van der Waals surface area contributed by atoms with E-state index in [1.807, 2.05) is 57.5 Å². The van der Waals surface area contributed by atoms with Crippen LogP contribution >= 0.6 is 11.8 Å². The molecule has 0 aliphatic rings. The number of amides is 1. The van der Waals surface area contributed by atoms with Gasteiger partial charge in [0.1, 0.15) is 0 Å². The topological polar surface area (TPSA) is 67.2 Å². The van der Waals surface area contributed by atoms with Crippen molar-refractivity contribution in [2.24, 2.45) is 13.0 Å². The lowest BCUT2D eigenvalue weighted by molar-refractivity contribution is -0.116. The van der Waals surface area contributed by atoms with E-state index in [1.165, 1.54) is 11.8 Å². The Hall–Kier alpha value is -1.79. The molecule has 1 aromatic heterocycles. The van der Waals surface area contributed by atoms with Gasteiger partial charge in [-0.25, -0.2) is 4.98 Å². The Morgan fingerprint density at radius 3 is 2.67 bits per heavy atom. The van der Waals surface area contributed by atoms with Gasteiger partial charge in [0.15, 0.2) is 5.16 Å². The van der Waals surface area contributed by atoms with Gasteiger partial charge in [0.2, 0.25) is 5.91 Å². The van der Waals surface area contributed by atoms with Crippen molar-refractivity contribution in [2.45, 2.75) is 44.7 Å². The van der Waals surface area contributed by atoms with Gasteiger partial charge >= 0.3 is 0 Å². The summed E-state index contributed by atoms with van der Waals surface area (Å²) in [5.41, 5.74) is 3.81. The predicted octanol–water partition coefficient (Wildman–Crippen LogP) is 3.28. The Bertz CT molecular complexity index is 725. The van der Waals surface area contributed by atoms with Crippen LogP contribution in [0.1, 0.15) is 30.7 Å².